The van der Waals surface area contributed by atoms with E-state index in [0.29, 0.717) is 0 Å². The maximum absolute atomic E-state index is 3.92. The molecule has 0 aliphatic carbocycles. The first-order chi connectivity index (χ1) is 2.41. The molecular weight excluding hydrogens is 88.1 g/mol. The highest BCUT2D eigenvalue weighted by atomic mass is 28.2. The van der Waals surface area contributed by atoms with Gasteiger partial charge in [-0.15, -0.1) is 0 Å². The predicted molar refractivity (Wildman–Crippen MR) is 14.9 cm³/mol. The largest absolute Gasteiger partial charge is 0.307 e. The molecule has 0 heterocycles. The molecule has 0 saturated carbocycles. The summed E-state index contributed by atoms with van der Waals surface area (Å²) in [4.78, 5) is 3.92. The zero-order valence-corrected chi connectivity index (χ0v) is 3.72. The van der Waals surface area contributed by atoms with Crippen molar-refractivity contribution in [3.05, 3.63) is 0 Å². The topological polar surface area (TPSA) is 27.7 Å². The van der Waals surface area contributed by atoms with Crippen LogP contribution in [-0.4, -0.2) is 17.6 Å². The first kappa shape index (κ1) is 5.10. The second-order valence-electron chi connectivity index (χ2n) is 0.318. The lowest BCUT2D eigenvalue weighted by molar-refractivity contribution is -0.454. The van der Waals surface area contributed by atoms with E-state index in [-0.39, 0.29) is 0 Å². The third kappa shape index (κ3) is 4.10. The van der Waals surface area contributed by atoms with Crippen LogP contribution in [0.4, 0.5) is 0 Å². The summed E-state index contributed by atoms with van der Waals surface area (Å²) in [6.45, 7) is 0. The molecule has 0 atom stereocenters. The average molecular weight is 91.1 g/mol. The second-order valence-corrected chi connectivity index (χ2v) is 0.485. The Kier molecular flexibility index (Phi) is 4.18. The van der Waals surface area contributed by atoms with Crippen molar-refractivity contribution in [1.29, 1.82) is 0 Å². The Bertz CT molecular complexity index is 14.4. The molecule has 0 aromatic heterocycles. The lowest BCUT2D eigenvalue weighted by Crippen LogP contribution is -1.84. The van der Waals surface area contributed by atoms with E-state index in [0.717, 1.165) is 0 Å². The first-order valence-corrected chi connectivity index (χ1v) is 1.35. The van der Waals surface area contributed by atoms with E-state index in [9.17, 15) is 0 Å². The molecule has 0 saturated heterocycles. The zero-order chi connectivity index (χ0) is 4.12. The second kappa shape index (κ2) is 4.10. The Hall–Kier alpha value is 0.0969. The van der Waals surface area contributed by atoms with Gasteiger partial charge in [-0.25, -0.2) is 4.89 Å². The minimum atomic E-state index is 1.33. The molecule has 29 valence electrons. The summed E-state index contributed by atoms with van der Waals surface area (Å²) in [7, 11) is 3.84. The highest BCUT2D eigenvalue weighted by molar-refractivity contribution is 5.97. The van der Waals surface area contributed by atoms with Gasteiger partial charge < -0.3 is 0 Å². The van der Waals surface area contributed by atoms with Crippen molar-refractivity contribution in [3.63, 3.8) is 0 Å². The zero-order valence-electron chi connectivity index (χ0n) is 2.72. The van der Waals surface area contributed by atoms with Crippen molar-refractivity contribution in [2.45, 2.75) is 0 Å². The fourth-order valence-corrected chi connectivity index (χ4v) is 0.102. The van der Waals surface area contributed by atoms with Crippen LogP contribution >= 0.6 is 0 Å². The smallest absolute Gasteiger partial charge is 0.259 e. The van der Waals surface area contributed by atoms with Gasteiger partial charge in [0.1, 0.15) is 0 Å². The predicted octanol–water partition coefficient (Wildman–Crippen LogP) is -0.421. The fourth-order valence-electron chi connectivity index (χ4n) is 0.0340. The monoisotopic (exact) mass is 91.0 g/mol. The Balaban J connectivity index is 2.19. The Labute approximate surface area is 33.2 Å². The maximum atomic E-state index is 3.92. The van der Waals surface area contributed by atoms with Crippen molar-refractivity contribution in [2.75, 3.05) is 7.11 Å². The van der Waals surface area contributed by atoms with Gasteiger partial charge in [-0.2, -0.15) is 0 Å². The van der Waals surface area contributed by atoms with Crippen LogP contribution in [0.15, 0.2) is 0 Å². The van der Waals surface area contributed by atoms with Crippen molar-refractivity contribution in [2.24, 2.45) is 0 Å². The van der Waals surface area contributed by atoms with Crippen LogP contribution in [0.5, 0.6) is 0 Å². The van der Waals surface area contributed by atoms with Gasteiger partial charge in [0.05, 0.1) is 7.11 Å². The van der Waals surface area contributed by atoms with E-state index in [1.807, 2.05) is 0 Å². The van der Waals surface area contributed by atoms with Crippen LogP contribution in [-0.2, 0) is 14.5 Å². The summed E-state index contributed by atoms with van der Waals surface area (Å²) in [5.74, 6) is 0. The molecule has 0 aliphatic heterocycles. The van der Waals surface area contributed by atoms with Crippen molar-refractivity contribution >= 4 is 10.5 Å². The van der Waals surface area contributed by atoms with Gasteiger partial charge >= 0.3 is 10.5 Å². The van der Waals surface area contributed by atoms with Crippen LogP contribution in [0.25, 0.3) is 0 Å². The third-order valence-corrected chi connectivity index (χ3v) is 0.170. The van der Waals surface area contributed by atoms with E-state index in [1.165, 1.54) is 7.11 Å². The molecule has 3 radical (unpaired) electrons. The van der Waals surface area contributed by atoms with Gasteiger partial charge in [-0.3, -0.25) is 4.58 Å². The number of hydrogen-bond donors (Lipinski definition) is 0. The number of hydrogen-bond acceptors (Lipinski definition) is 3. The molecule has 0 fully saturated rings. The lowest BCUT2D eigenvalue weighted by atomic mass is 11.8. The average Bonchev–Trinajstić information content (AvgIpc) is 1.41. The third-order valence-electron chi connectivity index (χ3n) is 0.102. The quantitative estimate of drug-likeness (QED) is 0.262. The summed E-state index contributed by atoms with van der Waals surface area (Å²) in [6.07, 6.45) is 0. The molecule has 4 heteroatoms. The summed E-state index contributed by atoms with van der Waals surface area (Å²) in [5.41, 5.74) is 0. The van der Waals surface area contributed by atoms with E-state index < -0.39 is 0 Å². The van der Waals surface area contributed by atoms with E-state index in [4.69, 9.17) is 0 Å². The van der Waals surface area contributed by atoms with Crippen molar-refractivity contribution in [3.8, 4) is 0 Å². The molecule has 3 nitrogen and oxygen atoms in total. The summed E-state index contributed by atoms with van der Waals surface area (Å²) >= 11 is 0. The van der Waals surface area contributed by atoms with Crippen LogP contribution < -0.4 is 0 Å². The van der Waals surface area contributed by atoms with Crippen LogP contribution in [0.3, 0.4) is 0 Å². The van der Waals surface area contributed by atoms with Gasteiger partial charge in [0.15, 0.2) is 0 Å². The Morgan fingerprint density at radius 1 is 1.60 bits per heavy atom. The van der Waals surface area contributed by atoms with Gasteiger partial charge in [-0.1, -0.05) is 5.04 Å². The van der Waals surface area contributed by atoms with Gasteiger partial charge in [-0.05, 0) is 0 Å². The SMILES string of the molecule is COOO[Si]. The summed E-state index contributed by atoms with van der Waals surface area (Å²) in [6, 6.07) is 0. The Morgan fingerprint density at radius 2 is 2.20 bits per heavy atom. The van der Waals surface area contributed by atoms with Gasteiger partial charge in [0, 0.05) is 0 Å². The molecule has 0 N–H and O–H groups in total. The summed E-state index contributed by atoms with van der Waals surface area (Å²) in [5, 5.41) is 3.75. The molecule has 0 aromatic carbocycles. The standard InChI is InChI=1S/CH3O3Si/c1-2-3-4-5/h1H3. The molecule has 0 rings (SSSR count). The van der Waals surface area contributed by atoms with E-state index in [1.54, 1.807) is 0 Å². The molecule has 0 aromatic rings. The van der Waals surface area contributed by atoms with E-state index in [2.05, 4.69) is 25.0 Å². The first-order valence-electron chi connectivity index (χ1n) is 0.946. The lowest BCUT2D eigenvalue weighted by Gasteiger charge is -1.85. The molecule has 0 bridgehead atoms. The van der Waals surface area contributed by atoms with Crippen LogP contribution in [0.1, 0.15) is 0 Å². The molecule has 0 spiro atoms. The molecule has 5 heavy (non-hydrogen) atoms. The molecule has 0 unspecified atom stereocenters. The molecule has 0 aliphatic rings. The van der Waals surface area contributed by atoms with Crippen molar-refractivity contribution < 1.29 is 14.5 Å². The van der Waals surface area contributed by atoms with Crippen LogP contribution in [0.2, 0.25) is 0 Å². The maximum Gasteiger partial charge on any atom is 0.307 e. The molecule has 0 amide bonds. The number of rotatable bonds is 2. The minimum Gasteiger partial charge on any atom is -0.259 e. The normalized spacial score (nSPS) is 8.40. The van der Waals surface area contributed by atoms with Gasteiger partial charge in [0.25, 0.3) is 0 Å². The fraction of sp³-hybridized carbons (Fsp3) is 1.00. The Morgan fingerprint density at radius 3 is 2.20 bits per heavy atom. The van der Waals surface area contributed by atoms with Gasteiger partial charge in [0.2, 0.25) is 0 Å². The highest BCUT2D eigenvalue weighted by Gasteiger charge is 1.63. The highest BCUT2D eigenvalue weighted by Crippen LogP contribution is 1.63. The minimum absolute atomic E-state index is 1.33. The van der Waals surface area contributed by atoms with E-state index >= 15 is 0 Å². The van der Waals surface area contributed by atoms with Crippen molar-refractivity contribution in [1.82, 2.24) is 0 Å². The van der Waals surface area contributed by atoms with Crippen LogP contribution in [0, 0.1) is 0 Å². The summed E-state index contributed by atoms with van der Waals surface area (Å²) < 4.78 is 3.77. The molecular formula is CH3O3Si.